The number of carbonyl (C=O) groups excluding carboxylic acids is 1. The number of aromatic nitrogens is 2. The molecule has 6 nitrogen and oxygen atoms in total. The smallest absolute Gasteiger partial charge is 0.274 e. The lowest BCUT2D eigenvalue weighted by molar-refractivity contribution is -0.118. The number of carbonyl (C=O) groups is 1. The molecule has 0 saturated carbocycles. The van der Waals surface area contributed by atoms with Crippen molar-refractivity contribution in [1.82, 2.24) is 14.9 Å². The molecule has 0 spiro atoms. The molecule has 3 aromatic rings. The largest absolute Gasteiger partial charge is 0.388 e. The Balaban J connectivity index is 1.55. The van der Waals surface area contributed by atoms with E-state index >= 15 is 0 Å². The topological polar surface area (TPSA) is 86.6 Å². The van der Waals surface area contributed by atoms with Crippen molar-refractivity contribution >= 4 is 16.9 Å². The lowest BCUT2D eigenvalue weighted by Gasteiger charge is -2.42. The van der Waals surface area contributed by atoms with Gasteiger partial charge in [-0.3, -0.25) is 9.78 Å². The highest BCUT2D eigenvalue weighted by atomic mass is 16.3. The third-order valence-corrected chi connectivity index (χ3v) is 4.94. The third kappa shape index (κ3) is 2.83. The fourth-order valence-corrected chi connectivity index (χ4v) is 3.39. The van der Waals surface area contributed by atoms with Gasteiger partial charge < -0.3 is 15.1 Å². The van der Waals surface area contributed by atoms with Crippen molar-refractivity contribution in [2.45, 2.75) is 18.1 Å². The van der Waals surface area contributed by atoms with Crippen LogP contribution in [0.15, 0.2) is 60.8 Å². The zero-order chi connectivity index (χ0) is 18.1. The second kappa shape index (κ2) is 6.48. The molecule has 1 fully saturated rings. The number of hydrogen-bond donors (Lipinski definition) is 2. The molecule has 26 heavy (non-hydrogen) atoms. The van der Waals surface area contributed by atoms with E-state index in [1.54, 1.807) is 18.2 Å². The van der Waals surface area contributed by atoms with Gasteiger partial charge in [0.2, 0.25) is 0 Å². The average molecular weight is 349 g/mol. The minimum absolute atomic E-state index is 0.0404. The van der Waals surface area contributed by atoms with E-state index in [2.05, 4.69) is 9.97 Å². The number of piperidine rings is 1. The molecule has 0 radical (unpaired) electrons. The second-order valence-electron chi connectivity index (χ2n) is 6.55. The summed E-state index contributed by atoms with van der Waals surface area (Å²) in [6.07, 6.45) is 0.635. The van der Waals surface area contributed by atoms with Gasteiger partial charge in [0.1, 0.15) is 17.4 Å². The Bertz CT molecular complexity index is 947. The van der Waals surface area contributed by atoms with Crippen LogP contribution in [0.4, 0.5) is 0 Å². The SMILES string of the molecule is O=C(c1cnc2ccccc2n1)N1CC[C@](O)(c2ccccc2)[C@@H](O)C1. The van der Waals surface area contributed by atoms with Crippen LogP contribution in [0.1, 0.15) is 22.5 Å². The second-order valence-corrected chi connectivity index (χ2v) is 6.55. The van der Waals surface area contributed by atoms with E-state index < -0.39 is 11.7 Å². The number of fused-ring (bicyclic) bond motifs is 1. The molecule has 1 aliphatic heterocycles. The number of hydrogen-bond acceptors (Lipinski definition) is 5. The molecule has 0 unspecified atom stereocenters. The van der Waals surface area contributed by atoms with Gasteiger partial charge in [-0.25, -0.2) is 4.98 Å². The summed E-state index contributed by atoms with van der Waals surface area (Å²) in [5.41, 5.74) is 0.914. The number of benzene rings is 2. The normalized spacial score (nSPS) is 23.2. The summed E-state index contributed by atoms with van der Waals surface area (Å²) >= 11 is 0. The Kier molecular flexibility index (Phi) is 4.14. The maximum atomic E-state index is 12.8. The highest BCUT2D eigenvalue weighted by molar-refractivity contribution is 5.93. The van der Waals surface area contributed by atoms with Crippen LogP contribution in [0.25, 0.3) is 11.0 Å². The number of likely N-dealkylation sites (tertiary alicyclic amines) is 1. The van der Waals surface area contributed by atoms with Gasteiger partial charge in [0.15, 0.2) is 0 Å². The van der Waals surface area contributed by atoms with Crippen molar-refractivity contribution in [3.05, 3.63) is 72.1 Å². The number of nitrogens with zero attached hydrogens (tertiary/aromatic N) is 3. The molecule has 1 aliphatic rings. The maximum absolute atomic E-state index is 12.8. The summed E-state index contributed by atoms with van der Waals surface area (Å²) in [5.74, 6) is -0.294. The van der Waals surface area contributed by atoms with Gasteiger partial charge in [-0.05, 0) is 17.7 Å². The molecular formula is C20H19N3O3. The fraction of sp³-hybridized carbons (Fsp3) is 0.250. The molecule has 1 aromatic heterocycles. The zero-order valence-corrected chi connectivity index (χ0v) is 14.1. The van der Waals surface area contributed by atoms with Crippen LogP contribution in [0.5, 0.6) is 0 Å². The van der Waals surface area contributed by atoms with Gasteiger partial charge >= 0.3 is 0 Å². The first kappa shape index (κ1) is 16.6. The lowest BCUT2D eigenvalue weighted by atomic mass is 9.82. The molecule has 1 saturated heterocycles. The minimum Gasteiger partial charge on any atom is -0.388 e. The minimum atomic E-state index is -1.35. The molecule has 132 valence electrons. The number of aliphatic hydroxyl groups excluding tert-OH is 1. The molecule has 0 bridgehead atoms. The molecule has 4 rings (SSSR count). The summed E-state index contributed by atoms with van der Waals surface area (Å²) in [5, 5.41) is 21.4. The number of para-hydroxylation sites is 2. The van der Waals surface area contributed by atoms with Crippen LogP contribution in [0.3, 0.4) is 0 Å². The van der Waals surface area contributed by atoms with Gasteiger partial charge in [0.25, 0.3) is 5.91 Å². The first-order valence-corrected chi connectivity index (χ1v) is 8.55. The van der Waals surface area contributed by atoms with Crippen LogP contribution >= 0.6 is 0 Å². The number of aliphatic hydroxyl groups is 2. The third-order valence-electron chi connectivity index (χ3n) is 4.94. The Morgan fingerprint density at radius 1 is 1.08 bits per heavy atom. The molecular weight excluding hydrogens is 330 g/mol. The quantitative estimate of drug-likeness (QED) is 0.736. The maximum Gasteiger partial charge on any atom is 0.274 e. The summed E-state index contributed by atoms with van der Waals surface area (Å²) < 4.78 is 0. The van der Waals surface area contributed by atoms with Gasteiger partial charge in [0.05, 0.1) is 23.8 Å². The Hall–Kier alpha value is -2.83. The summed E-state index contributed by atoms with van der Waals surface area (Å²) in [6.45, 7) is 0.370. The van der Waals surface area contributed by atoms with Crippen LogP contribution in [-0.4, -0.2) is 50.2 Å². The Labute approximate surface area is 150 Å². The Morgan fingerprint density at radius 3 is 2.50 bits per heavy atom. The predicted molar refractivity (Wildman–Crippen MR) is 96.4 cm³/mol. The first-order chi connectivity index (χ1) is 12.6. The van der Waals surface area contributed by atoms with Crippen molar-refractivity contribution in [2.24, 2.45) is 0 Å². The molecule has 2 N–H and O–H groups in total. The van der Waals surface area contributed by atoms with Gasteiger partial charge in [-0.2, -0.15) is 0 Å². The highest BCUT2D eigenvalue weighted by Crippen LogP contribution is 2.33. The average Bonchev–Trinajstić information content (AvgIpc) is 2.70. The van der Waals surface area contributed by atoms with Crippen molar-refractivity contribution in [2.75, 3.05) is 13.1 Å². The van der Waals surface area contributed by atoms with Crippen molar-refractivity contribution in [3.63, 3.8) is 0 Å². The number of β-amino-alcohol motifs (C(OH)–C–C–N with tert-alkyl or cyclic N) is 1. The van der Waals surface area contributed by atoms with E-state index in [0.717, 1.165) is 5.52 Å². The van der Waals surface area contributed by atoms with Gasteiger partial charge in [0, 0.05) is 13.0 Å². The summed E-state index contributed by atoms with van der Waals surface area (Å²) in [7, 11) is 0. The van der Waals surface area contributed by atoms with Crippen molar-refractivity contribution < 1.29 is 15.0 Å². The van der Waals surface area contributed by atoms with E-state index in [1.165, 1.54) is 11.1 Å². The zero-order valence-electron chi connectivity index (χ0n) is 14.1. The van der Waals surface area contributed by atoms with Crippen LogP contribution in [0, 0.1) is 0 Å². The van der Waals surface area contributed by atoms with Crippen LogP contribution < -0.4 is 0 Å². The van der Waals surface area contributed by atoms with Crippen LogP contribution in [-0.2, 0) is 5.60 Å². The van der Waals surface area contributed by atoms with E-state index in [0.29, 0.717) is 17.6 Å². The number of rotatable bonds is 2. The van der Waals surface area contributed by atoms with Crippen molar-refractivity contribution in [3.8, 4) is 0 Å². The van der Waals surface area contributed by atoms with E-state index in [1.807, 2.05) is 36.4 Å². The molecule has 1 amide bonds. The molecule has 6 heteroatoms. The number of amides is 1. The highest BCUT2D eigenvalue weighted by Gasteiger charge is 2.43. The van der Waals surface area contributed by atoms with E-state index in [4.69, 9.17) is 0 Å². The Morgan fingerprint density at radius 2 is 1.77 bits per heavy atom. The van der Waals surface area contributed by atoms with Gasteiger partial charge in [-0.15, -0.1) is 0 Å². The van der Waals surface area contributed by atoms with E-state index in [9.17, 15) is 15.0 Å². The molecule has 2 atom stereocenters. The van der Waals surface area contributed by atoms with Crippen molar-refractivity contribution in [1.29, 1.82) is 0 Å². The lowest BCUT2D eigenvalue weighted by Crippen LogP contribution is -2.55. The summed E-state index contributed by atoms with van der Waals surface area (Å²) in [6, 6.07) is 16.4. The summed E-state index contributed by atoms with van der Waals surface area (Å²) in [4.78, 5) is 22.9. The first-order valence-electron chi connectivity index (χ1n) is 8.55. The molecule has 2 heterocycles. The fourth-order valence-electron chi connectivity index (χ4n) is 3.39. The predicted octanol–water partition coefficient (Wildman–Crippen LogP) is 1.72. The molecule has 2 aromatic carbocycles. The van der Waals surface area contributed by atoms with E-state index in [-0.39, 0.29) is 24.6 Å². The monoisotopic (exact) mass is 349 g/mol. The van der Waals surface area contributed by atoms with Crippen LogP contribution in [0.2, 0.25) is 0 Å². The van der Waals surface area contributed by atoms with Gasteiger partial charge in [-0.1, -0.05) is 42.5 Å². The standard InChI is InChI=1S/C20H19N3O3/c24-18-13-23(11-10-20(18,26)14-6-2-1-3-7-14)19(25)17-12-21-15-8-4-5-9-16(15)22-17/h1-9,12,18,24,26H,10-11,13H2/t18-,20-/m0/s1. The molecule has 0 aliphatic carbocycles.